The zero-order valence-corrected chi connectivity index (χ0v) is 13.3. The molecule has 3 rings (SSSR count). The number of aromatic nitrogens is 2. The van der Waals surface area contributed by atoms with E-state index in [4.69, 9.17) is 4.74 Å². The number of ether oxygens (including phenoxy) is 1. The molecule has 0 spiro atoms. The van der Waals surface area contributed by atoms with Gasteiger partial charge in [-0.05, 0) is 24.7 Å². The Bertz CT molecular complexity index is 537. The minimum atomic E-state index is -0.0386. The van der Waals surface area contributed by atoms with Crippen LogP contribution in [0.1, 0.15) is 38.3 Å². The molecule has 1 aliphatic carbocycles. The van der Waals surface area contributed by atoms with Crippen LogP contribution in [0.5, 0.6) is 0 Å². The molecule has 2 amide bonds. The maximum atomic E-state index is 12.6. The van der Waals surface area contributed by atoms with Crippen molar-refractivity contribution in [3.05, 3.63) is 18.1 Å². The molecule has 2 fully saturated rings. The van der Waals surface area contributed by atoms with Crippen molar-refractivity contribution < 1.29 is 9.53 Å². The van der Waals surface area contributed by atoms with Crippen molar-refractivity contribution in [1.29, 1.82) is 0 Å². The van der Waals surface area contributed by atoms with Gasteiger partial charge in [-0.3, -0.25) is 5.32 Å². The lowest BCUT2D eigenvalue weighted by atomic mass is 9.80. The van der Waals surface area contributed by atoms with Crippen molar-refractivity contribution in [3.63, 3.8) is 0 Å². The minimum Gasteiger partial charge on any atom is -0.378 e. The van der Waals surface area contributed by atoms with Gasteiger partial charge in [0.15, 0.2) is 0 Å². The molecular weight excluding hydrogens is 280 g/mol. The van der Waals surface area contributed by atoms with Gasteiger partial charge in [0.05, 0.1) is 12.3 Å². The van der Waals surface area contributed by atoms with Gasteiger partial charge >= 0.3 is 6.03 Å². The first-order chi connectivity index (χ1) is 10.7. The summed E-state index contributed by atoms with van der Waals surface area (Å²) in [6.07, 6.45) is 6.36. The predicted molar refractivity (Wildman–Crippen MR) is 83.4 cm³/mol. The van der Waals surface area contributed by atoms with Crippen LogP contribution in [0, 0.1) is 11.8 Å². The fraction of sp³-hybridized carbons (Fsp3) is 0.688. The maximum Gasteiger partial charge on any atom is 0.323 e. The number of fused-ring (bicyclic) bond motifs is 1. The topological polar surface area (TPSA) is 67.3 Å². The predicted octanol–water partition coefficient (Wildman–Crippen LogP) is 2.67. The number of carbonyl (C=O) groups is 1. The Hall–Kier alpha value is -1.69. The molecule has 2 aliphatic rings. The first kappa shape index (κ1) is 15.2. The number of carbonyl (C=O) groups excluding carboxylic acids is 1. The molecule has 3 atom stereocenters. The van der Waals surface area contributed by atoms with E-state index in [1.807, 2.05) is 4.90 Å². The lowest BCUT2D eigenvalue weighted by Gasteiger charge is -2.32. The van der Waals surface area contributed by atoms with Gasteiger partial charge in [0.2, 0.25) is 0 Å². The first-order valence-electron chi connectivity index (χ1n) is 8.06. The van der Waals surface area contributed by atoms with E-state index in [9.17, 15) is 4.79 Å². The Morgan fingerprint density at radius 2 is 2.23 bits per heavy atom. The monoisotopic (exact) mass is 304 g/mol. The third-order valence-corrected chi connectivity index (χ3v) is 4.91. The van der Waals surface area contributed by atoms with Gasteiger partial charge in [-0.1, -0.05) is 19.8 Å². The highest BCUT2D eigenvalue weighted by Gasteiger charge is 2.42. The second-order valence-corrected chi connectivity index (χ2v) is 6.40. The molecule has 1 N–H and O–H groups in total. The highest BCUT2D eigenvalue weighted by Crippen LogP contribution is 2.39. The fourth-order valence-corrected chi connectivity index (χ4v) is 3.88. The summed E-state index contributed by atoms with van der Waals surface area (Å²) in [5, 5.41) is 2.92. The Kier molecular flexibility index (Phi) is 4.57. The zero-order valence-electron chi connectivity index (χ0n) is 13.3. The van der Waals surface area contributed by atoms with Crippen molar-refractivity contribution in [3.8, 4) is 0 Å². The number of urea groups is 1. The first-order valence-corrected chi connectivity index (χ1v) is 8.06. The third kappa shape index (κ3) is 3.06. The number of amides is 2. The van der Waals surface area contributed by atoms with Crippen molar-refractivity contribution in [1.82, 2.24) is 14.9 Å². The summed E-state index contributed by atoms with van der Waals surface area (Å²) in [7, 11) is 1.62. The van der Waals surface area contributed by atoms with Crippen molar-refractivity contribution >= 4 is 11.8 Å². The summed E-state index contributed by atoms with van der Waals surface area (Å²) < 4.78 is 5.06. The lowest BCUT2D eigenvalue weighted by Crippen LogP contribution is -2.41. The highest BCUT2D eigenvalue weighted by atomic mass is 16.5. The molecule has 0 bridgehead atoms. The van der Waals surface area contributed by atoms with Gasteiger partial charge in [0.1, 0.15) is 12.1 Å². The van der Waals surface area contributed by atoms with Crippen LogP contribution in [0.25, 0.3) is 0 Å². The SMILES string of the molecule is COCc1cc(NC(=O)N2C[C@H](C)[C@H]3CCCC[C@H]32)ncn1. The van der Waals surface area contributed by atoms with Crippen molar-refractivity contribution in [2.75, 3.05) is 19.0 Å². The smallest absolute Gasteiger partial charge is 0.323 e. The highest BCUT2D eigenvalue weighted by molar-refractivity contribution is 5.88. The molecule has 1 saturated carbocycles. The van der Waals surface area contributed by atoms with E-state index in [0.29, 0.717) is 30.3 Å². The number of rotatable bonds is 3. The largest absolute Gasteiger partial charge is 0.378 e. The average molecular weight is 304 g/mol. The van der Waals surface area contributed by atoms with Crippen molar-refractivity contribution in [2.24, 2.45) is 11.8 Å². The molecular formula is C16H24N4O2. The van der Waals surface area contributed by atoms with Gasteiger partial charge in [-0.25, -0.2) is 14.8 Å². The Labute approximate surface area is 131 Å². The molecule has 6 nitrogen and oxygen atoms in total. The Morgan fingerprint density at radius 1 is 1.41 bits per heavy atom. The zero-order chi connectivity index (χ0) is 15.5. The number of hydrogen-bond donors (Lipinski definition) is 1. The minimum absolute atomic E-state index is 0.0386. The summed E-state index contributed by atoms with van der Waals surface area (Å²) in [6, 6.07) is 2.12. The molecule has 120 valence electrons. The van der Waals surface area contributed by atoms with E-state index in [0.717, 1.165) is 18.7 Å². The van der Waals surface area contributed by atoms with Crippen LogP contribution in [-0.4, -0.2) is 40.6 Å². The third-order valence-electron chi connectivity index (χ3n) is 4.91. The summed E-state index contributed by atoms with van der Waals surface area (Å²) in [5.41, 5.74) is 0.762. The Morgan fingerprint density at radius 3 is 3.05 bits per heavy atom. The molecule has 1 aromatic rings. The number of nitrogens with zero attached hydrogens (tertiary/aromatic N) is 3. The molecule has 0 radical (unpaired) electrons. The average Bonchev–Trinajstić information content (AvgIpc) is 2.86. The molecule has 1 saturated heterocycles. The van der Waals surface area contributed by atoms with E-state index < -0.39 is 0 Å². The van der Waals surface area contributed by atoms with Crippen LogP contribution in [0.3, 0.4) is 0 Å². The van der Waals surface area contributed by atoms with Crippen LogP contribution < -0.4 is 5.32 Å². The molecule has 1 aromatic heterocycles. The number of nitrogens with one attached hydrogen (secondary N) is 1. The fourth-order valence-electron chi connectivity index (χ4n) is 3.88. The van der Waals surface area contributed by atoms with E-state index in [2.05, 4.69) is 22.2 Å². The molecule has 6 heteroatoms. The number of hydrogen-bond acceptors (Lipinski definition) is 4. The van der Waals surface area contributed by atoms with Crippen LogP contribution in [-0.2, 0) is 11.3 Å². The van der Waals surface area contributed by atoms with E-state index >= 15 is 0 Å². The summed E-state index contributed by atoms with van der Waals surface area (Å²) in [5.74, 6) is 1.79. The second kappa shape index (κ2) is 6.60. The van der Waals surface area contributed by atoms with Crippen LogP contribution in [0.2, 0.25) is 0 Å². The van der Waals surface area contributed by atoms with Gasteiger partial charge in [0.25, 0.3) is 0 Å². The molecule has 0 unspecified atom stereocenters. The van der Waals surface area contributed by atoms with E-state index in [1.54, 1.807) is 13.2 Å². The summed E-state index contributed by atoms with van der Waals surface area (Å²) in [6.45, 7) is 3.52. The lowest BCUT2D eigenvalue weighted by molar-refractivity contribution is 0.179. The second-order valence-electron chi connectivity index (χ2n) is 6.40. The van der Waals surface area contributed by atoms with Gasteiger partial charge in [-0.15, -0.1) is 0 Å². The standard InChI is InChI=1S/C16H24N4O2/c1-11-8-20(14-6-4-3-5-13(11)14)16(21)19-15-7-12(9-22-2)17-10-18-15/h7,10-11,13-14H,3-6,8-9H2,1-2H3,(H,17,18,19,21)/t11-,13+,14+/m0/s1. The number of likely N-dealkylation sites (tertiary alicyclic amines) is 1. The number of methoxy groups -OCH3 is 1. The van der Waals surface area contributed by atoms with Gasteiger partial charge in [0, 0.05) is 25.8 Å². The quantitative estimate of drug-likeness (QED) is 0.932. The summed E-state index contributed by atoms with van der Waals surface area (Å²) in [4.78, 5) is 22.9. The Balaban J connectivity index is 1.68. The maximum absolute atomic E-state index is 12.6. The molecule has 0 aromatic carbocycles. The van der Waals surface area contributed by atoms with Gasteiger partial charge < -0.3 is 9.64 Å². The van der Waals surface area contributed by atoms with Crippen LogP contribution in [0.15, 0.2) is 12.4 Å². The molecule has 1 aliphatic heterocycles. The van der Waals surface area contributed by atoms with E-state index in [-0.39, 0.29) is 6.03 Å². The van der Waals surface area contributed by atoms with Crippen LogP contribution in [0.4, 0.5) is 10.6 Å². The summed E-state index contributed by atoms with van der Waals surface area (Å²) >= 11 is 0. The normalized spacial score (nSPS) is 27.5. The van der Waals surface area contributed by atoms with Crippen LogP contribution >= 0.6 is 0 Å². The van der Waals surface area contributed by atoms with Crippen molar-refractivity contribution in [2.45, 2.75) is 45.3 Å². The molecule has 22 heavy (non-hydrogen) atoms. The number of anilines is 1. The molecule has 2 heterocycles. The van der Waals surface area contributed by atoms with Gasteiger partial charge in [-0.2, -0.15) is 0 Å². The van der Waals surface area contributed by atoms with E-state index in [1.165, 1.54) is 25.6 Å².